The molecule has 2 aromatic rings. The Kier molecular flexibility index (Phi) is 10.3. The van der Waals surface area contributed by atoms with Crippen LogP contribution < -0.4 is 20.7 Å². The number of carbonyl (C=O) groups excluding carboxylic acids is 3. The monoisotopic (exact) mass is 659 g/mol. The van der Waals surface area contributed by atoms with Crippen LogP contribution in [0.5, 0.6) is 5.75 Å². The van der Waals surface area contributed by atoms with E-state index in [-0.39, 0.29) is 42.3 Å². The fourth-order valence-corrected chi connectivity index (χ4v) is 6.20. The lowest BCUT2D eigenvalue weighted by Gasteiger charge is -2.30. The van der Waals surface area contributed by atoms with Gasteiger partial charge in [0.05, 0.1) is 24.2 Å². The van der Waals surface area contributed by atoms with Gasteiger partial charge in [0, 0.05) is 30.3 Å². The number of aliphatic hydroxyl groups is 1. The Morgan fingerprint density at radius 3 is 2.37 bits per heavy atom. The lowest BCUT2D eigenvalue weighted by molar-refractivity contribution is -0.140. The molecular weight excluding hydrogens is 627 g/mol. The minimum absolute atomic E-state index is 0.0321. The third-order valence-corrected chi connectivity index (χ3v) is 8.20. The van der Waals surface area contributed by atoms with Gasteiger partial charge < -0.3 is 25.8 Å². The van der Waals surface area contributed by atoms with Gasteiger partial charge in [-0.25, -0.2) is 4.39 Å². The molecule has 46 heavy (non-hydrogen) atoms. The number of methoxy groups -OCH3 is 1. The van der Waals surface area contributed by atoms with Gasteiger partial charge in [0.25, 0.3) is 5.91 Å². The van der Waals surface area contributed by atoms with Crippen LogP contribution in [0, 0.1) is 23.6 Å². The van der Waals surface area contributed by atoms with Gasteiger partial charge in [-0.3, -0.25) is 14.4 Å². The Morgan fingerprint density at radius 1 is 1.04 bits per heavy atom. The summed E-state index contributed by atoms with van der Waals surface area (Å²) in [6.07, 6.45) is -9.59. The van der Waals surface area contributed by atoms with Crippen LogP contribution in [0.3, 0.4) is 0 Å². The topological polar surface area (TPSA) is 117 Å². The smallest absolute Gasteiger partial charge is 0.419 e. The SMILES string of the molecule is COc1ccc(CCCNC(=O)[C@@H](C)O)cc1C(=O)N[C@H]1[C@@H](C(=O)Nc2ccc(F)c(C(F)(F)F)c2)[C@H]2CC[C@@H]1/C2=C\C(F)(F)F. The van der Waals surface area contributed by atoms with Crippen molar-refractivity contribution >= 4 is 23.4 Å². The number of amides is 3. The lowest BCUT2D eigenvalue weighted by Crippen LogP contribution is -2.48. The molecule has 2 fully saturated rings. The summed E-state index contributed by atoms with van der Waals surface area (Å²) in [6.45, 7) is 1.56. The standard InChI is InChI=1S/C31H32F7N3O5/c1-15(42)27(43)39-11-3-4-16-5-10-24(46-2)20(12-16)28(44)41-26-19-8-7-18(21(19)14-30(33,34)35)25(26)29(45)40-17-6-9-23(32)22(13-17)31(36,37)38/h5-6,9-10,12-15,18-19,25-26,42H,3-4,7-8,11H2,1-2H3,(H,39,43)(H,40,45)(H,41,44)/b21-14-/t15-,18+,19-,25+,26-/m1/s1. The minimum atomic E-state index is -5.06. The molecule has 3 amide bonds. The van der Waals surface area contributed by atoms with Gasteiger partial charge in [0.15, 0.2) is 0 Å². The summed E-state index contributed by atoms with van der Waals surface area (Å²) < 4.78 is 99.4. The fourth-order valence-electron chi connectivity index (χ4n) is 6.20. The molecule has 15 heteroatoms. The zero-order chi connectivity index (χ0) is 34.0. The summed E-state index contributed by atoms with van der Waals surface area (Å²) in [6, 6.07) is 5.39. The predicted octanol–water partition coefficient (Wildman–Crippen LogP) is 5.16. The summed E-state index contributed by atoms with van der Waals surface area (Å²) in [4.78, 5) is 38.6. The first kappa shape index (κ1) is 34.7. The average molecular weight is 660 g/mol. The van der Waals surface area contributed by atoms with Gasteiger partial charge in [0.2, 0.25) is 11.8 Å². The number of aryl methyl sites for hydroxylation is 1. The molecule has 250 valence electrons. The molecule has 0 heterocycles. The van der Waals surface area contributed by atoms with Crippen molar-refractivity contribution in [3.63, 3.8) is 0 Å². The Labute approximate surface area is 259 Å². The summed E-state index contributed by atoms with van der Waals surface area (Å²) in [7, 11) is 1.31. The van der Waals surface area contributed by atoms with E-state index in [1.54, 1.807) is 6.07 Å². The predicted molar refractivity (Wildman–Crippen MR) is 151 cm³/mol. The number of fused-ring (bicyclic) bond motifs is 2. The molecule has 5 atom stereocenters. The maximum atomic E-state index is 13.8. The second-order valence-electron chi connectivity index (χ2n) is 11.3. The number of alkyl halides is 6. The van der Waals surface area contributed by atoms with E-state index in [1.807, 2.05) is 0 Å². The highest BCUT2D eigenvalue weighted by Crippen LogP contribution is 2.54. The number of allylic oxidation sites excluding steroid dienone is 1. The quantitative estimate of drug-likeness (QED) is 0.160. The third kappa shape index (κ3) is 7.98. The van der Waals surface area contributed by atoms with E-state index in [9.17, 15) is 50.2 Å². The number of aliphatic hydroxyl groups excluding tert-OH is 1. The number of carbonyl (C=O) groups is 3. The van der Waals surface area contributed by atoms with Crippen molar-refractivity contribution in [3.8, 4) is 5.75 Å². The highest BCUT2D eigenvalue weighted by Gasteiger charge is 2.55. The number of hydrogen-bond donors (Lipinski definition) is 4. The van der Waals surface area contributed by atoms with Crippen LogP contribution in [-0.4, -0.2) is 54.8 Å². The van der Waals surface area contributed by atoms with Gasteiger partial charge in [-0.15, -0.1) is 0 Å². The first-order chi connectivity index (χ1) is 21.5. The number of benzene rings is 2. The van der Waals surface area contributed by atoms with Crippen LogP contribution in [0.15, 0.2) is 48.0 Å². The van der Waals surface area contributed by atoms with E-state index in [4.69, 9.17) is 4.74 Å². The van der Waals surface area contributed by atoms with Crippen LogP contribution in [-0.2, 0) is 22.2 Å². The Bertz CT molecular complexity index is 1510. The van der Waals surface area contributed by atoms with Crippen LogP contribution in [0.2, 0.25) is 0 Å². The molecule has 2 aliphatic rings. The summed E-state index contributed by atoms with van der Waals surface area (Å²) >= 11 is 0. The Hall–Kier alpha value is -4.14. The molecule has 0 saturated heterocycles. The van der Waals surface area contributed by atoms with Crippen LogP contribution >= 0.6 is 0 Å². The zero-order valence-electron chi connectivity index (χ0n) is 24.7. The molecule has 0 unspecified atom stereocenters. The second-order valence-corrected chi connectivity index (χ2v) is 11.3. The molecule has 0 aromatic heterocycles. The molecule has 4 N–H and O–H groups in total. The highest BCUT2D eigenvalue weighted by atomic mass is 19.4. The Morgan fingerprint density at radius 2 is 1.74 bits per heavy atom. The van der Waals surface area contributed by atoms with Crippen LogP contribution in [0.4, 0.5) is 36.4 Å². The largest absolute Gasteiger partial charge is 0.496 e. The number of nitrogens with one attached hydrogen (secondary N) is 3. The molecule has 2 aromatic carbocycles. The number of halogens is 7. The summed E-state index contributed by atoms with van der Waals surface area (Å²) in [5.41, 5.74) is -1.43. The number of hydrogen-bond acceptors (Lipinski definition) is 5. The van der Waals surface area contributed by atoms with E-state index in [0.717, 1.165) is 6.07 Å². The molecule has 2 bridgehead atoms. The van der Waals surface area contributed by atoms with Gasteiger partial charge in [-0.05, 0) is 74.4 Å². The fraction of sp³-hybridized carbons (Fsp3) is 0.452. The summed E-state index contributed by atoms with van der Waals surface area (Å²) in [5, 5.41) is 16.8. The molecule has 0 aliphatic heterocycles. The normalized spacial score (nSPS) is 22.4. The van der Waals surface area contributed by atoms with Crippen molar-refractivity contribution < 1.29 is 55.0 Å². The van der Waals surface area contributed by atoms with Gasteiger partial charge in [-0.1, -0.05) is 11.6 Å². The lowest BCUT2D eigenvalue weighted by atomic mass is 9.83. The third-order valence-electron chi connectivity index (χ3n) is 8.20. The van der Waals surface area contributed by atoms with Gasteiger partial charge >= 0.3 is 12.4 Å². The Balaban J connectivity index is 1.59. The van der Waals surface area contributed by atoms with Gasteiger partial charge in [-0.2, -0.15) is 26.3 Å². The first-order valence-electron chi connectivity index (χ1n) is 14.4. The number of ether oxygens (including phenoxy) is 1. The molecule has 8 nitrogen and oxygen atoms in total. The average Bonchev–Trinajstić information content (AvgIpc) is 3.48. The second kappa shape index (κ2) is 13.7. The molecule has 0 spiro atoms. The van der Waals surface area contributed by atoms with Crippen LogP contribution in [0.25, 0.3) is 0 Å². The van der Waals surface area contributed by atoms with Crippen molar-refractivity contribution in [2.75, 3.05) is 19.0 Å². The van der Waals surface area contributed by atoms with Crippen molar-refractivity contribution in [2.45, 2.75) is 57.1 Å². The minimum Gasteiger partial charge on any atom is -0.496 e. The van der Waals surface area contributed by atoms with Crippen molar-refractivity contribution in [1.82, 2.24) is 10.6 Å². The summed E-state index contributed by atoms with van der Waals surface area (Å²) in [5.74, 6) is -6.74. The molecular formula is C31H32F7N3O5. The van der Waals surface area contributed by atoms with E-state index in [0.29, 0.717) is 30.5 Å². The van der Waals surface area contributed by atoms with E-state index >= 15 is 0 Å². The molecule has 2 aliphatic carbocycles. The highest BCUT2D eigenvalue weighted by molar-refractivity contribution is 5.99. The van der Waals surface area contributed by atoms with Crippen LogP contribution in [0.1, 0.15) is 47.7 Å². The molecule has 0 radical (unpaired) electrons. The number of anilines is 1. The first-order valence-corrected chi connectivity index (χ1v) is 14.4. The zero-order valence-corrected chi connectivity index (χ0v) is 24.7. The maximum absolute atomic E-state index is 13.8. The molecule has 4 rings (SSSR count). The van der Waals surface area contributed by atoms with E-state index in [1.165, 1.54) is 26.2 Å². The van der Waals surface area contributed by atoms with E-state index < -0.39 is 77.0 Å². The van der Waals surface area contributed by atoms with E-state index in [2.05, 4.69) is 16.0 Å². The van der Waals surface area contributed by atoms with Crippen molar-refractivity contribution in [1.29, 1.82) is 0 Å². The van der Waals surface area contributed by atoms with Crippen molar-refractivity contribution in [2.24, 2.45) is 17.8 Å². The molecule has 2 saturated carbocycles. The number of rotatable bonds is 10. The maximum Gasteiger partial charge on any atom is 0.419 e. The van der Waals surface area contributed by atoms with Crippen molar-refractivity contribution in [3.05, 3.63) is 70.6 Å². The van der Waals surface area contributed by atoms with Gasteiger partial charge in [0.1, 0.15) is 17.7 Å².